The smallest absolute Gasteiger partial charge is 0.311 e. The number of carboxylic acids is 1. The molecule has 0 spiro atoms. The molecule has 0 fully saturated rings. The first-order valence-electron chi connectivity index (χ1n) is 8.94. The van der Waals surface area contributed by atoms with Crippen molar-refractivity contribution in [2.45, 2.75) is 25.6 Å². The van der Waals surface area contributed by atoms with Gasteiger partial charge in [0.1, 0.15) is 13.2 Å². The van der Waals surface area contributed by atoms with Gasteiger partial charge in [-0.1, -0.05) is 60.7 Å². The van der Waals surface area contributed by atoms with Gasteiger partial charge < -0.3 is 14.6 Å². The van der Waals surface area contributed by atoms with Crippen molar-refractivity contribution in [2.24, 2.45) is 0 Å². The maximum atomic E-state index is 11.4. The molecule has 0 heterocycles. The Morgan fingerprint density at radius 3 is 1.89 bits per heavy atom. The van der Waals surface area contributed by atoms with E-state index in [1.165, 1.54) is 0 Å². The van der Waals surface area contributed by atoms with Crippen molar-refractivity contribution >= 4 is 5.97 Å². The van der Waals surface area contributed by atoms with Crippen LogP contribution in [0.1, 0.15) is 28.2 Å². The molecule has 1 N–H and O–H groups in total. The highest BCUT2D eigenvalue weighted by molar-refractivity contribution is 5.81. The molecule has 0 bridgehead atoms. The third-order valence-electron chi connectivity index (χ3n) is 4.78. The molecule has 0 aliphatic heterocycles. The van der Waals surface area contributed by atoms with Crippen molar-refractivity contribution < 1.29 is 19.4 Å². The summed E-state index contributed by atoms with van der Waals surface area (Å²) in [5, 5.41) is 9.33. The number of hydrogen-bond donors (Lipinski definition) is 1. The lowest BCUT2D eigenvalue weighted by molar-refractivity contribution is -0.139. The Balaban J connectivity index is 1.56. The van der Waals surface area contributed by atoms with Crippen LogP contribution in [-0.4, -0.2) is 11.1 Å². The molecule has 136 valence electrons. The number of benzene rings is 3. The van der Waals surface area contributed by atoms with E-state index in [4.69, 9.17) is 9.47 Å². The van der Waals surface area contributed by atoms with E-state index in [1.807, 2.05) is 72.8 Å². The molecule has 1 aliphatic carbocycles. The second-order valence-corrected chi connectivity index (χ2v) is 6.64. The van der Waals surface area contributed by atoms with Crippen molar-refractivity contribution in [1.29, 1.82) is 0 Å². The molecular formula is C23H20O4. The zero-order valence-corrected chi connectivity index (χ0v) is 14.8. The summed E-state index contributed by atoms with van der Waals surface area (Å²) in [7, 11) is 0. The van der Waals surface area contributed by atoms with Gasteiger partial charge in [-0.05, 0) is 40.8 Å². The summed E-state index contributed by atoms with van der Waals surface area (Å²) < 4.78 is 12.0. The highest BCUT2D eigenvalue weighted by Crippen LogP contribution is 2.43. The SMILES string of the molecule is O=C(O)C1Cc2cc(OCc3ccccc3)c(OCc3ccccc3)cc21. The molecule has 4 rings (SSSR count). The first kappa shape index (κ1) is 17.2. The van der Waals surface area contributed by atoms with E-state index in [9.17, 15) is 9.90 Å². The van der Waals surface area contributed by atoms with Crippen molar-refractivity contribution in [2.75, 3.05) is 0 Å². The van der Waals surface area contributed by atoms with Crippen LogP contribution in [0.5, 0.6) is 11.5 Å². The molecule has 0 radical (unpaired) electrons. The standard InChI is InChI=1S/C23H20O4/c24-23(25)20-11-18-12-21(26-14-16-7-3-1-4-8-16)22(13-19(18)20)27-15-17-9-5-2-6-10-17/h1-10,12-13,20H,11,14-15H2,(H,24,25). The number of carboxylic acid groups (broad SMARTS) is 1. The van der Waals surface area contributed by atoms with Crippen LogP contribution in [-0.2, 0) is 24.4 Å². The Morgan fingerprint density at radius 1 is 0.852 bits per heavy atom. The Morgan fingerprint density at radius 2 is 1.37 bits per heavy atom. The summed E-state index contributed by atoms with van der Waals surface area (Å²) in [5.41, 5.74) is 3.94. The van der Waals surface area contributed by atoms with E-state index in [-0.39, 0.29) is 0 Å². The predicted octanol–water partition coefficient (Wildman–Crippen LogP) is 4.57. The van der Waals surface area contributed by atoms with Crippen LogP contribution in [0.2, 0.25) is 0 Å². The summed E-state index contributed by atoms with van der Waals surface area (Å²) in [6.45, 7) is 0.836. The molecule has 0 amide bonds. The Hall–Kier alpha value is -3.27. The van der Waals surface area contributed by atoms with Gasteiger partial charge in [0.05, 0.1) is 5.92 Å². The third kappa shape index (κ3) is 3.80. The fourth-order valence-electron chi connectivity index (χ4n) is 3.23. The largest absolute Gasteiger partial charge is 0.485 e. The zero-order chi connectivity index (χ0) is 18.6. The van der Waals surface area contributed by atoms with Gasteiger partial charge in [0, 0.05) is 0 Å². The molecule has 0 saturated heterocycles. The Kier molecular flexibility index (Phi) is 4.79. The number of hydrogen-bond acceptors (Lipinski definition) is 3. The van der Waals surface area contributed by atoms with Gasteiger partial charge >= 0.3 is 5.97 Å². The molecular weight excluding hydrogens is 340 g/mol. The van der Waals surface area contributed by atoms with Gasteiger partial charge in [0.2, 0.25) is 0 Å². The molecule has 4 heteroatoms. The molecule has 27 heavy (non-hydrogen) atoms. The van der Waals surface area contributed by atoms with E-state index in [0.717, 1.165) is 22.3 Å². The minimum absolute atomic E-state index is 0.402. The summed E-state index contributed by atoms with van der Waals surface area (Å²) >= 11 is 0. The average molecular weight is 360 g/mol. The topological polar surface area (TPSA) is 55.8 Å². The molecule has 3 aromatic rings. The van der Waals surface area contributed by atoms with Crippen LogP contribution >= 0.6 is 0 Å². The Bertz CT molecular complexity index is 935. The second-order valence-electron chi connectivity index (χ2n) is 6.64. The van der Waals surface area contributed by atoms with Crippen molar-refractivity contribution in [3.8, 4) is 11.5 Å². The van der Waals surface area contributed by atoms with Gasteiger partial charge in [0.15, 0.2) is 11.5 Å². The fourth-order valence-corrected chi connectivity index (χ4v) is 3.23. The van der Waals surface area contributed by atoms with Crippen LogP contribution in [0.3, 0.4) is 0 Å². The van der Waals surface area contributed by atoms with Gasteiger partial charge in [-0.15, -0.1) is 0 Å². The number of carbonyl (C=O) groups is 1. The summed E-state index contributed by atoms with van der Waals surface area (Å²) in [6.07, 6.45) is 0.533. The van der Waals surface area contributed by atoms with E-state index >= 15 is 0 Å². The van der Waals surface area contributed by atoms with E-state index in [0.29, 0.717) is 31.1 Å². The maximum Gasteiger partial charge on any atom is 0.311 e. The van der Waals surface area contributed by atoms with E-state index in [2.05, 4.69) is 0 Å². The summed E-state index contributed by atoms with van der Waals surface area (Å²) in [4.78, 5) is 11.4. The molecule has 4 nitrogen and oxygen atoms in total. The lowest BCUT2D eigenvalue weighted by Gasteiger charge is -2.28. The van der Waals surface area contributed by atoms with Gasteiger partial charge in [-0.25, -0.2) is 0 Å². The van der Waals surface area contributed by atoms with Gasteiger partial charge in [-0.3, -0.25) is 4.79 Å². The van der Waals surface area contributed by atoms with Gasteiger partial charge in [0.25, 0.3) is 0 Å². The highest BCUT2D eigenvalue weighted by atomic mass is 16.5. The van der Waals surface area contributed by atoms with E-state index in [1.54, 1.807) is 0 Å². The highest BCUT2D eigenvalue weighted by Gasteiger charge is 2.34. The van der Waals surface area contributed by atoms with Crippen molar-refractivity contribution in [3.05, 3.63) is 95.1 Å². The van der Waals surface area contributed by atoms with Crippen LogP contribution in [0.25, 0.3) is 0 Å². The first-order valence-corrected chi connectivity index (χ1v) is 8.94. The van der Waals surface area contributed by atoms with Crippen molar-refractivity contribution in [3.63, 3.8) is 0 Å². The quantitative estimate of drug-likeness (QED) is 0.671. The molecule has 1 atom stereocenters. The normalized spacial score (nSPS) is 14.7. The lowest BCUT2D eigenvalue weighted by atomic mass is 9.77. The van der Waals surface area contributed by atoms with Crippen LogP contribution in [0, 0.1) is 0 Å². The first-order chi connectivity index (χ1) is 13.2. The predicted molar refractivity (Wildman–Crippen MR) is 102 cm³/mol. The number of aliphatic carboxylic acids is 1. The van der Waals surface area contributed by atoms with Crippen molar-refractivity contribution in [1.82, 2.24) is 0 Å². The Labute approximate surface area is 158 Å². The monoisotopic (exact) mass is 360 g/mol. The molecule has 1 aliphatic rings. The fraction of sp³-hybridized carbons (Fsp3) is 0.174. The lowest BCUT2D eigenvalue weighted by Crippen LogP contribution is -2.25. The van der Waals surface area contributed by atoms with Gasteiger partial charge in [-0.2, -0.15) is 0 Å². The summed E-state index contributed by atoms with van der Waals surface area (Å²) in [5.74, 6) is -0.0198. The number of rotatable bonds is 7. The number of ether oxygens (including phenoxy) is 2. The van der Waals surface area contributed by atoms with E-state index < -0.39 is 11.9 Å². The van der Waals surface area contributed by atoms with Crippen LogP contribution in [0.15, 0.2) is 72.8 Å². The molecule has 0 saturated carbocycles. The molecule has 0 aromatic heterocycles. The van der Waals surface area contributed by atoms with Crippen LogP contribution < -0.4 is 9.47 Å². The van der Waals surface area contributed by atoms with Crippen LogP contribution in [0.4, 0.5) is 0 Å². The zero-order valence-electron chi connectivity index (χ0n) is 14.8. The maximum absolute atomic E-state index is 11.4. The minimum Gasteiger partial charge on any atom is -0.485 e. The third-order valence-corrected chi connectivity index (χ3v) is 4.78. The molecule has 1 unspecified atom stereocenters. The average Bonchev–Trinajstić information content (AvgIpc) is 2.68. The molecule has 3 aromatic carbocycles. The minimum atomic E-state index is -0.797. The number of fused-ring (bicyclic) bond motifs is 1. The second kappa shape index (κ2) is 7.54. The summed E-state index contributed by atoms with van der Waals surface area (Å²) in [6, 6.07) is 23.5.